The SMILES string of the molecule is Cc1nc(C(=O)Nc2cccc(Cl)c2)c2n1-c1ccccc1SC2. The number of imidazole rings is 1. The number of anilines is 1. The first-order valence-electron chi connectivity index (χ1n) is 7.51. The lowest BCUT2D eigenvalue weighted by molar-refractivity contribution is 0.102. The van der Waals surface area contributed by atoms with Gasteiger partial charge in [0.1, 0.15) is 5.82 Å². The number of amides is 1. The van der Waals surface area contributed by atoms with E-state index in [0.717, 1.165) is 23.0 Å². The molecule has 0 unspecified atom stereocenters. The highest BCUT2D eigenvalue weighted by atomic mass is 35.5. The number of halogens is 1. The molecule has 1 amide bonds. The quantitative estimate of drug-likeness (QED) is 0.725. The van der Waals surface area contributed by atoms with Gasteiger partial charge in [-0.3, -0.25) is 9.36 Å². The van der Waals surface area contributed by atoms with E-state index in [1.54, 1.807) is 30.0 Å². The second-order valence-electron chi connectivity index (χ2n) is 5.51. The van der Waals surface area contributed by atoms with Crippen molar-refractivity contribution in [3.05, 3.63) is 70.8 Å². The lowest BCUT2D eigenvalue weighted by Crippen LogP contribution is -2.16. The van der Waals surface area contributed by atoms with Crippen molar-refractivity contribution < 1.29 is 4.79 Å². The van der Waals surface area contributed by atoms with Crippen LogP contribution < -0.4 is 5.32 Å². The van der Waals surface area contributed by atoms with Crippen LogP contribution in [0.3, 0.4) is 0 Å². The molecule has 4 nitrogen and oxygen atoms in total. The molecule has 0 spiro atoms. The van der Waals surface area contributed by atoms with E-state index in [4.69, 9.17) is 11.6 Å². The summed E-state index contributed by atoms with van der Waals surface area (Å²) in [5, 5.41) is 3.46. The first kappa shape index (κ1) is 15.3. The molecule has 1 aromatic heterocycles. The second-order valence-corrected chi connectivity index (χ2v) is 6.96. The molecule has 2 aromatic carbocycles. The molecular weight excluding hydrogens is 342 g/mol. The number of hydrogen-bond donors (Lipinski definition) is 1. The van der Waals surface area contributed by atoms with Crippen LogP contribution in [0.15, 0.2) is 53.4 Å². The standard InChI is InChI=1S/C18H14ClN3OS/c1-11-20-17(18(23)21-13-6-4-5-12(19)9-13)15-10-24-16-8-3-2-7-14(16)22(11)15/h2-9H,10H2,1H3,(H,21,23). The summed E-state index contributed by atoms with van der Waals surface area (Å²) >= 11 is 7.70. The molecule has 0 atom stereocenters. The number of carbonyl (C=O) groups excluding carboxylic acids is 1. The first-order chi connectivity index (χ1) is 11.6. The van der Waals surface area contributed by atoms with Crippen molar-refractivity contribution in [3.8, 4) is 5.69 Å². The van der Waals surface area contributed by atoms with Crippen LogP contribution in [-0.4, -0.2) is 15.5 Å². The Balaban J connectivity index is 1.72. The smallest absolute Gasteiger partial charge is 0.276 e. The maximum absolute atomic E-state index is 12.7. The predicted molar refractivity (Wildman–Crippen MR) is 97.3 cm³/mol. The van der Waals surface area contributed by atoms with Gasteiger partial charge in [-0.15, -0.1) is 11.8 Å². The Kier molecular flexibility index (Phi) is 3.82. The molecule has 1 aliphatic heterocycles. The second kappa shape index (κ2) is 6.00. The van der Waals surface area contributed by atoms with Gasteiger partial charge in [0, 0.05) is 21.4 Å². The Labute approximate surface area is 148 Å². The molecule has 0 aliphatic carbocycles. The highest BCUT2D eigenvalue weighted by molar-refractivity contribution is 7.98. The Morgan fingerprint density at radius 1 is 1.25 bits per heavy atom. The normalized spacial score (nSPS) is 12.4. The Bertz CT molecular complexity index is 951. The van der Waals surface area contributed by atoms with E-state index in [2.05, 4.69) is 27.0 Å². The number of nitrogens with zero attached hydrogens (tertiary/aromatic N) is 2. The van der Waals surface area contributed by atoms with E-state index in [1.807, 2.05) is 25.1 Å². The van der Waals surface area contributed by atoms with E-state index >= 15 is 0 Å². The fraction of sp³-hybridized carbons (Fsp3) is 0.111. The molecule has 4 rings (SSSR count). The Morgan fingerprint density at radius 3 is 2.92 bits per heavy atom. The molecule has 0 saturated carbocycles. The topological polar surface area (TPSA) is 46.9 Å². The van der Waals surface area contributed by atoms with Crippen molar-refractivity contribution in [1.82, 2.24) is 9.55 Å². The van der Waals surface area contributed by atoms with Crippen LogP contribution in [0.4, 0.5) is 5.69 Å². The molecule has 120 valence electrons. The summed E-state index contributed by atoms with van der Waals surface area (Å²) in [5.74, 6) is 1.32. The van der Waals surface area contributed by atoms with E-state index < -0.39 is 0 Å². The van der Waals surface area contributed by atoms with Gasteiger partial charge in [-0.25, -0.2) is 4.98 Å². The molecule has 0 saturated heterocycles. The minimum absolute atomic E-state index is 0.214. The van der Waals surface area contributed by atoms with Crippen molar-refractivity contribution in [2.45, 2.75) is 17.6 Å². The molecule has 1 N–H and O–H groups in total. The number of para-hydroxylation sites is 1. The van der Waals surface area contributed by atoms with Crippen LogP contribution in [0.5, 0.6) is 0 Å². The molecule has 6 heteroatoms. The predicted octanol–water partition coefficient (Wildman–Crippen LogP) is 4.69. The zero-order chi connectivity index (χ0) is 16.7. The van der Waals surface area contributed by atoms with E-state index in [1.165, 1.54) is 4.90 Å². The van der Waals surface area contributed by atoms with Crippen LogP contribution in [0, 0.1) is 6.92 Å². The molecular formula is C18H14ClN3OS. The monoisotopic (exact) mass is 355 g/mol. The van der Waals surface area contributed by atoms with Gasteiger partial charge in [0.15, 0.2) is 5.69 Å². The number of aryl methyl sites for hydroxylation is 1. The average Bonchev–Trinajstić information content (AvgIpc) is 2.92. The summed E-state index contributed by atoms with van der Waals surface area (Å²) in [7, 11) is 0. The summed E-state index contributed by atoms with van der Waals surface area (Å²) in [4.78, 5) is 18.4. The minimum atomic E-state index is -0.214. The molecule has 0 radical (unpaired) electrons. The minimum Gasteiger partial charge on any atom is -0.321 e. The van der Waals surface area contributed by atoms with Crippen molar-refractivity contribution in [1.29, 1.82) is 0 Å². The van der Waals surface area contributed by atoms with Gasteiger partial charge < -0.3 is 5.32 Å². The zero-order valence-electron chi connectivity index (χ0n) is 12.9. The summed E-state index contributed by atoms with van der Waals surface area (Å²) < 4.78 is 2.07. The molecule has 1 aliphatic rings. The largest absolute Gasteiger partial charge is 0.321 e. The maximum Gasteiger partial charge on any atom is 0.276 e. The summed E-state index contributed by atoms with van der Waals surface area (Å²) in [6, 6.07) is 15.3. The highest BCUT2D eigenvalue weighted by Gasteiger charge is 2.26. The molecule has 2 heterocycles. The molecule has 24 heavy (non-hydrogen) atoms. The van der Waals surface area contributed by atoms with Gasteiger partial charge in [0.25, 0.3) is 5.91 Å². The average molecular weight is 356 g/mol. The molecule has 0 fully saturated rings. The summed E-state index contributed by atoms with van der Waals surface area (Å²) in [5.41, 5.74) is 3.14. The first-order valence-corrected chi connectivity index (χ1v) is 8.87. The van der Waals surface area contributed by atoms with Crippen molar-refractivity contribution in [2.75, 3.05) is 5.32 Å². The van der Waals surface area contributed by atoms with E-state index in [9.17, 15) is 4.79 Å². The fourth-order valence-electron chi connectivity index (χ4n) is 2.88. The number of benzene rings is 2. The molecule has 3 aromatic rings. The van der Waals surface area contributed by atoms with E-state index in [0.29, 0.717) is 16.4 Å². The number of thioether (sulfide) groups is 1. The van der Waals surface area contributed by atoms with Gasteiger partial charge in [0.2, 0.25) is 0 Å². The number of fused-ring (bicyclic) bond motifs is 3. The number of aromatic nitrogens is 2. The Morgan fingerprint density at radius 2 is 2.08 bits per heavy atom. The third kappa shape index (κ3) is 2.60. The van der Waals surface area contributed by atoms with Crippen LogP contribution in [0.2, 0.25) is 5.02 Å². The molecule has 0 bridgehead atoms. The van der Waals surface area contributed by atoms with Crippen LogP contribution in [-0.2, 0) is 5.75 Å². The lowest BCUT2D eigenvalue weighted by atomic mass is 10.2. The number of nitrogens with one attached hydrogen (secondary N) is 1. The fourth-order valence-corrected chi connectivity index (χ4v) is 4.11. The third-order valence-corrected chi connectivity index (χ3v) is 5.22. The van der Waals surface area contributed by atoms with Crippen molar-refractivity contribution >= 4 is 35.0 Å². The number of rotatable bonds is 2. The maximum atomic E-state index is 12.7. The van der Waals surface area contributed by atoms with Gasteiger partial charge in [-0.05, 0) is 37.3 Å². The number of hydrogen-bond acceptors (Lipinski definition) is 3. The Hall–Kier alpha value is -2.24. The van der Waals surface area contributed by atoms with Gasteiger partial charge in [0.05, 0.1) is 11.4 Å². The van der Waals surface area contributed by atoms with Crippen molar-refractivity contribution in [3.63, 3.8) is 0 Å². The van der Waals surface area contributed by atoms with Gasteiger partial charge in [-0.1, -0.05) is 29.8 Å². The van der Waals surface area contributed by atoms with Crippen molar-refractivity contribution in [2.24, 2.45) is 0 Å². The van der Waals surface area contributed by atoms with Crippen LogP contribution in [0.1, 0.15) is 22.0 Å². The van der Waals surface area contributed by atoms with Gasteiger partial charge >= 0.3 is 0 Å². The summed E-state index contributed by atoms with van der Waals surface area (Å²) in [6.45, 7) is 1.92. The van der Waals surface area contributed by atoms with Crippen LogP contribution >= 0.6 is 23.4 Å². The zero-order valence-corrected chi connectivity index (χ0v) is 14.5. The lowest BCUT2D eigenvalue weighted by Gasteiger charge is -2.19. The highest BCUT2D eigenvalue weighted by Crippen LogP contribution is 2.37. The van der Waals surface area contributed by atoms with Crippen LogP contribution in [0.25, 0.3) is 5.69 Å². The third-order valence-electron chi connectivity index (χ3n) is 3.91. The van der Waals surface area contributed by atoms with E-state index in [-0.39, 0.29) is 5.91 Å². The summed E-state index contributed by atoms with van der Waals surface area (Å²) in [6.07, 6.45) is 0. The van der Waals surface area contributed by atoms with Gasteiger partial charge in [-0.2, -0.15) is 0 Å². The number of carbonyl (C=O) groups is 1.